The highest BCUT2D eigenvalue weighted by atomic mass is 79.9. The summed E-state index contributed by atoms with van der Waals surface area (Å²) in [7, 11) is 0. The number of carbonyl (C=O) groups is 1. The fourth-order valence-corrected chi connectivity index (χ4v) is 5.92. The van der Waals surface area contributed by atoms with Gasteiger partial charge in [0.25, 0.3) is 5.91 Å². The van der Waals surface area contributed by atoms with Crippen molar-refractivity contribution in [2.75, 3.05) is 0 Å². The van der Waals surface area contributed by atoms with Crippen LogP contribution in [0.15, 0.2) is 136 Å². The Bertz CT molecular complexity index is 1740. The normalized spacial score (nSPS) is 15.2. The Morgan fingerprint density at radius 3 is 2.20 bits per heavy atom. The molecular formula is C35H27BrN2O2S. The van der Waals surface area contributed by atoms with Crippen LogP contribution in [0.25, 0.3) is 16.8 Å². The molecule has 6 heteroatoms. The lowest BCUT2D eigenvalue weighted by Crippen LogP contribution is -2.28. The molecule has 0 spiro atoms. The van der Waals surface area contributed by atoms with Gasteiger partial charge in [0.2, 0.25) is 0 Å². The van der Waals surface area contributed by atoms with E-state index in [-0.39, 0.29) is 5.91 Å². The third-order valence-corrected chi connectivity index (χ3v) is 8.40. The van der Waals surface area contributed by atoms with E-state index < -0.39 is 0 Å². The molecule has 1 amide bonds. The Kier molecular flexibility index (Phi) is 8.31. The molecule has 0 unspecified atom stereocenters. The van der Waals surface area contributed by atoms with Crippen LogP contribution in [0.5, 0.6) is 5.75 Å². The summed E-state index contributed by atoms with van der Waals surface area (Å²) in [5, 5.41) is 2.82. The van der Waals surface area contributed by atoms with Crippen LogP contribution in [-0.2, 0) is 24.5 Å². The van der Waals surface area contributed by atoms with Gasteiger partial charge in [-0.15, -0.1) is 0 Å². The summed E-state index contributed by atoms with van der Waals surface area (Å²) >= 11 is 4.91. The summed E-state index contributed by atoms with van der Waals surface area (Å²) in [6, 6.07) is 40.5. The van der Waals surface area contributed by atoms with Gasteiger partial charge < -0.3 is 4.74 Å². The molecule has 6 rings (SSSR count). The Morgan fingerprint density at radius 2 is 1.44 bits per heavy atom. The molecule has 0 bridgehead atoms. The topological polar surface area (TPSA) is 41.9 Å². The number of amides is 1. The summed E-state index contributed by atoms with van der Waals surface area (Å²) in [4.78, 5) is 21.2. The lowest BCUT2D eigenvalue weighted by Gasteiger charge is -2.16. The summed E-state index contributed by atoms with van der Waals surface area (Å²) in [5.74, 6) is 0.675. The molecule has 4 nitrogen and oxygen atoms in total. The molecule has 0 radical (unpaired) electrons. The van der Waals surface area contributed by atoms with Crippen LogP contribution in [-0.4, -0.2) is 16.0 Å². The van der Waals surface area contributed by atoms with Crippen molar-refractivity contribution >= 4 is 55.6 Å². The zero-order chi connectivity index (χ0) is 28.0. The molecule has 0 aromatic heterocycles. The second kappa shape index (κ2) is 12.6. The first kappa shape index (κ1) is 27.1. The quantitative estimate of drug-likeness (QED) is 0.163. The summed E-state index contributed by atoms with van der Waals surface area (Å²) in [6.07, 6.45) is 1.97. The Labute approximate surface area is 252 Å². The highest BCUT2D eigenvalue weighted by molar-refractivity contribution is 9.10. The Balaban J connectivity index is 1.36. The van der Waals surface area contributed by atoms with Crippen LogP contribution >= 0.6 is 27.7 Å². The molecule has 1 heterocycles. The SMILES string of the molecule is O=C1/C(=C\c2c(OCc3ccc(Br)cc3)ccc3ccccc23)SC(=NCc2ccccc2)N1Cc1ccccc1. The van der Waals surface area contributed by atoms with E-state index in [0.29, 0.717) is 29.8 Å². The van der Waals surface area contributed by atoms with Crippen molar-refractivity contribution in [3.8, 4) is 5.75 Å². The maximum absolute atomic E-state index is 13.9. The Hall–Kier alpha value is -4.13. The number of carbonyl (C=O) groups excluding carboxylic acids is 1. The van der Waals surface area contributed by atoms with Crippen molar-refractivity contribution in [3.05, 3.63) is 153 Å². The summed E-state index contributed by atoms with van der Waals surface area (Å²) in [5.41, 5.74) is 4.11. The van der Waals surface area contributed by atoms with Gasteiger partial charge in [0.05, 0.1) is 18.0 Å². The third kappa shape index (κ3) is 6.45. The highest BCUT2D eigenvalue weighted by Gasteiger charge is 2.33. The molecule has 1 aliphatic rings. The van der Waals surface area contributed by atoms with Crippen LogP contribution in [0.4, 0.5) is 0 Å². The lowest BCUT2D eigenvalue weighted by molar-refractivity contribution is -0.122. The number of nitrogens with zero attached hydrogens (tertiary/aromatic N) is 2. The number of rotatable bonds is 8. The molecule has 1 fully saturated rings. The molecule has 5 aromatic rings. The molecule has 1 saturated heterocycles. The third-order valence-electron chi connectivity index (χ3n) is 6.83. The molecule has 5 aromatic carbocycles. The zero-order valence-corrected chi connectivity index (χ0v) is 24.6. The van der Waals surface area contributed by atoms with Gasteiger partial charge in [-0.2, -0.15) is 0 Å². The first-order valence-corrected chi connectivity index (χ1v) is 15.0. The van der Waals surface area contributed by atoms with Gasteiger partial charge in [-0.3, -0.25) is 14.7 Å². The predicted octanol–water partition coefficient (Wildman–Crippen LogP) is 8.85. The molecule has 202 valence electrons. The standard InChI is InChI=1S/C35H27BrN2O2S/c36-29-18-15-27(16-19-29)24-40-32-20-17-28-13-7-8-14-30(28)31(32)21-33-34(39)38(23-26-11-5-2-6-12-26)35(41-33)37-22-25-9-3-1-4-10-25/h1-21H,22-24H2/b33-21+,37-35?. The second-order valence-electron chi connectivity index (χ2n) is 9.69. The largest absolute Gasteiger partial charge is 0.488 e. The number of fused-ring (bicyclic) bond motifs is 1. The van der Waals surface area contributed by atoms with E-state index in [1.807, 2.05) is 97.1 Å². The van der Waals surface area contributed by atoms with Crippen molar-refractivity contribution in [2.45, 2.75) is 19.7 Å². The number of benzene rings is 5. The van der Waals surface area contributed by atoms with Gasteiger partial charge >= 0.3 is 0 Å². The fraction of sp³-hybridized carbons (Fsp3) is 0.0857. The van der Waals surface area contributed by atoms with Gasteiger partial charge in [-0.1, -0.05) is 119 Å². The minimum absolute atomic E-state index is 0.0579. The van der Waals surface area contributed by atoms with Crippen molar-refractivity contribution in [2.24, 2.45) is 4.99 Å². The van der Waals surface area contributed by atoms with Crippen molar-refractivity contribution in [1.29, 1.82) is 0 Å². The molecular weight excluding hydrogens is 592 g/mol. The first-order chi connectivity index (χ1) is 20.1. The maximum Gasteiger partial charge on any atom is 0.267 e. The van der Waals surface area contributed by atoms with Gasteiger partial charge in [0.15, 0.2) is 5.17 Å². The molecule has 41 heavy (non-hydrogen) atoms. The zero-order valence-electron chi connectivity index (χ0n) is 22.2. The maximum atomic E-state index is 13.9. The second-order valence-corrected chi connectivity index (χ2v) is 11.6. The average Bonchev–Trinajstić information content (AvgIpc) is 3.30. The monoisotopic (exact) mass is 618 g/mol. The van der Waals surface area contributed by atoms with E-state index in [4.69, 9.17) is 9.73 Å². The number of amidine groups is 1. The summed E-state index contributed by atoms with van der Waals surface area (Å²) in [6.45, 7) is 1.39. The van der Waals surface area contributed by atoms with E-state index in [0.717, 1.165) is 43.2 Å². The van der Waals surface area contributed by atoms with E-state index in [1.165, 1.54) is 11.8 Å². The fourth-order valence-electron chi connectivity index (χ4n) is 4.70. The van der Waals surface area contributed by atoms with Crippen molar-refractivity contribution < 1.29 is 9.53 Å². The smallest absolute Gasteiger partial charge is 0.267 e. The number of hydrogen-bond acceptors (Lipinski definition) is 4. The van der Waals surface area contributed by atoms with Crippen LogP contribution in [0, 0.1) is 0 Å². The molecule has 0 aliphatic carbocycles. The van der Waals surface area contributed by atoms with Crippen molar-refractivity contribution in [3.63, 3.8) is 0 Å². The molecule has 1 aliphatic heterocycles. The van der Waals surface area contributed by atoms with Crippen molar-refractivity contribution in [1.82, 2.24) is 4.90 Å². The first-order valence-electron chi connectivity index (χ1n) is 13.4. The minimum Gasteiger partial charge on any atom is -0.488 e. The van der Waals surface area contributed by atoms with Gasteiger partial charge in [-0.25, -0.2) is 0 Å². The number of aliphatic imine (C=N–C) groups is 1. The van der Waals surface area contributed by atoms with Crippen LogP contribution in [0.3, 0.4) is 0 Å². The van der Waals surface area contributed by atoms with Gasteiger partial charge in [0.1, 0.15) is 12.4 Å². The van der Waals surface area contributed by atoms with Crippen LogP contribution in [0.2, 0.25) is 0 Å². The summed E-state index contributed by atoms with van der Waals surface area (Å²) < 4.78 is 7.37. The van der Waals surface area contributed by atoms with Crippen LogP contribution in [0.1, 0.15) is 22.3 Å². The highest BCUT2D eigenvalue weighted by Crippen LogP contribution is 2.38. The number of ether oxygens (including phenoxy) is 1. The number of thioether (sulfide) groups is 1. The number of halogens is 1. The number of hydrogen-bond donors (Lipinski definition) is 0. The van der Waals surface area contributed by atoms with E-state index in [1.54, 1.807) is 4.90 Å². The predicted molar refractivity (Wildman–Crippen MR) is 173 cm³/mol. The lowest BCUT2D eigenvalue weighted by atomic mass is 10.0. The van der Waals surface area contributed by atoms with Gasteiger partial charge in [-0.05, 0) is 63.5 Å². The van der Waals surface area contributed by atoms with Gasteiger partial charge in [0, 0.05) is 10.0 Å². The van der Waals surface area contributed by atoms with E-state index in [9.17, 15) is 4.79 Å². The molecule has 0 atom stereocenters. The van der Waals surface area contributed by atoms with E-state index >= 15 is 0 Å². The minimum atomic E-state index is -0.0579. The average molecular weight is 620 g/mol. The van der Waals surface area contributed by atoms with Crippen LogP contribution < -0.4 is 4.74 Å². The van der Waals surface area contributed by atoms with E-state index in [2.05, 4.69) is 46.3 Å². The molecule has 0 saturated carbocycles. The Morgan fingerprint density at radius 1 is 0.756 bits per heavy atom. The molecule has 0 N–H and O–H groups in total.